The van der Waals surface area contributed by atoms with Crippen LogP contribution in [0.25, 0.3) is 6.08 Å². The summed E-state index contributed by atoms with van der Waals surface area (Å²) in [5, 5.41) is 3.09. The zero-order valence-corrected chi connectivity index (χ0v) is 14.4. The molecule has 4 heteroatoms. The van der Waals surface area contributed by atoms with Gasteiger partial charge in [0.1, 0.15) is 13.2 Å². The van der Waals surface area contributed by atoms with Crippen LogP contribution in [0.5, 0.6) is 11.5 Å². The summed E-state index contributed by atoms with van der Waals surface area (Å²) in [6.45, 7) is 3.24. The maximum atomic E-state index is 12.3. The van der Waals surface area contributed by atoms with Gasteiger partial charge >= 0.3 is 0 Å². The molecular formula is C21H23NO3. The molecule has 1 atom stereocenters. The van der Waals surface area contributed by atoms with Crippen molar-refractivity contribution in [1.82, 2.24) is 5.32 Å². The summed E-state index contributed by atoms with van der Waals surface area (Å²) in [4.78, 5) is 12.3. The number of hydrogen-bond acceptors (Lipinski definition) is 3. The Morgan fingerprint density at radius 2 is 1.88 bits per heavy atom. The highest BCUT2D eigenvalue weighted by molar-refractivity contribution is 5.92. The minimum Gasteiger partial charge on any atom is -0.486 e. The van der Waals surface area contributed by atoms with Crippen LogP contribution in [-0.4, -0.2) is 19.1 Å². The van der Waals surface area contributed by atoms with Gasteiger partial charge in [-0.1, -0.05) is 49.7 Å². The van der Waals surface area contributed by atoms with Crippen LogP contribution in [0.2, 0.25) is 0 Å². The summed E-state index contributed by atoms with van der Waals surface area (Å²) < 4.78 is 11.1. The van der Waals surface area contributed by atoms with Crippen LogP contribution in [0, 0.1) is 0 Å². The van der Waals surface area contributed by atoms with Crippen LogP contribution in [0.15, 0.2) is 54.6 Å². The molecule has 25 heavy (non-hydrogen) atoms. The lowest BCUT2D eigenvalue weighted by Crippen LogP contribution is -2.26. The van der Waals surface area contributed by atoms with Gasteiger partial charge in [0.25, 0.3) is 0 Å². The predicted molar refractivity (Wildman–Crippen MR) is 98.7 cm³/mol. The summed E-state index contributed by atoms with van der Waals surface area (Å²) in [6.07, 6.45) is 5.28. The molecule has 130 valence electrons. The van der Waals surface area contributed by atoms with Gasteiger partial charge < -0.3 is 14.8 Å². The molecule has 1 aliphatic rings. The van der Waals surface area contributed by atoms with Gasteiger partial charge in [0.2, 0.25) is 5.91 Å². The number of carbonyl (C=O) groups excluding carboxylic acids is 1. The highest BCUT2D eigenvalue weighted by atomic mass is 16.6. The Morgan fingerprint density at radius 1 is 1.12 bits per heavy atom. The van der Waals surface area contributed by atoms with Crippen molar-refractivity contribution in [2.45, 2.75) is 25.8 Å². The molecule has 0 saturated carbocycles. The zero-order valence-electron chi connectivity index (χ0n) is 14.4. The minimum atomic E-state index is -0.0998. The number of ether oxygens (including phenoxy) is 2. The van der Waals surface area contributed by atoms with Crippen LogP contribution in [-0.2, 0) is 4.79 Å². The Hall–Kier alpha value is -2.75. The highest BCUT2D eigenvalue weighted by Crippen LogP contribution is 2.31. The molecule has 0 fully saturated rings. The van der Waals surface area contributed by atoms with Gasteiger partial charge in [-0.25, -0.2) is 0 Å². The fourth-order valence-electron chi connectivity index (χ4n) is 2.85. The van der Waals surface area contributed by atoms with Crippen LogP contribution in [0.3, 0.4) is 0 Å². The number of fused-ring (bicyclic) bond motifs is 1. The molecular weight excluding hydrogens is 314 g/mol. The molecule has 4 nitrogen and oxygen atoms in total. The number of carbonyl (C=O) groups is 1. The van der Waals surface area contributed by atoms with E-state index in [0.717, 1.165) is 35.5 Å². The fourth-order valence-corrected chi connectivity index (χ4v) is 2.85. The lowest BCUT2D eigenvalue weighted by molar-refractivity contribution is -0.117. The predicted octanol–water partition coefficient (Wildman–Crippen LogP) is 4.13. The van der Waals surface area contributed by atoms with Crippen molar-refractivity contribution in [3.63, 3.8) is 0 Å². The first kappa shape index (κ1) is 17.1. The smallest absolute Gasteiger partial charge is 0.244 e. The molecule has 1 amide bonds. The van der Waals surface area contributed by atoms with Crippen molar-refractivity contribution in [1.29, 1.82) is 0 Å². The molecule has 0 aromatic heterocycles. The average molecular weight is 337 g/mol. The van der Waals surface area contributed by atoms with E-state index in [1.807, 2.05) is 48.5 Å². The molecule has 0 radical (unpaired) electrons. The van der Waals surface area contributed by atoms with Gasteiger partial charge in [0, 0.05) is 6.08 Å². The van der Waals surface area contributed by atoms with Crippen molar-refractivity contribution in [3.05, 3.63) is 65.7 Å². The number of rotatable bonds is 6. The molecule has 0 saturated heterocycles. The Balaban J connectivity index is 1.65. The van der Waals surface area contributed by atoms with Gasteiger partial charge in [-0.3, -0.25) is 4.79 Å². The quantitative estimate of drug-likeness (QED) is 0.806. The minimum absolute atomic E-state index is 0.0311. The van der Waals surface area contributed by atoms with Gasteiger partial charge in [-0.05, 0) is 35.8 Å². The fraction of sp³-hybridized carbons (Fsp3) is 0.286. The molecule has 0 bridgehead atoms. The van der Waals surface area contributed by atoms with Crippen LogP contribution >= 0.6 is 0 Å². The second-order valence-electron chi connectivity index (χ2n) is 6.00. The van der Waals surface area contributed by atoms with E-state index in [4.69, 9.17) is 9.47 Å². The first-order chi connectivity index (χ1) is 12.3. The molecule has 1 heterocycles. The maximum Gasteiger partial charge on any atom is 0.244 e. The molecule has 0 spiro atoms. The van der Waals surface area contributed by atoms with E-state index in [2.05, 4.69) is 12.2 Å². The molecule has 2 aromatic rings. The third-order valence-corrected chi connectivity index (χ3v) is 4.09. The molecule has 3 rings (SSSR count). The Labute approximate surface area is 148 Å². The van der Waals surface area contributed by atoms with E-state index < -0.39 is 0 Å². The van der Waals surface area contributed by atoms with Crippen LogP contribution in [0.1, 0.15) is 36.9 Å². The average Bonchev–Trinajstić information content (AvgIpc) is 2.66. The largest absolute Gasteiger partial charge is 0.486 e. The third kappa shape index (κ3) is 4.63. The summed E-state index contributed by atoms with van der Waals surface area (Å²) in [5.41, 5.74) is 2.04. The van der Waals surface area contributed by atoms with E-state index >= 15 is 0 Å². The summed E-state index contributed by atoms with van der Waals surface area (Å²) in [6, 6.07) is 15.8. The first-order valence-corrected chi connectivity index (χ1v) is 8.69. The lowest BCUT2D eigenvalue weighted by Gasteiger charge is -2.18. The standard InChI is InChI=1S/C21H23NO3/c1-2-6-18(17-7-4-3-5-8-17)22-21(23)12-10-16-9-11-19-20(15-16)25-14-13-24-19/h3-5,7-12,15,18H,2,6,13-14H2,1H3,(H,22,23)/b12-10+. The van der Waals surface area contributed by atoms with Gasteiger partial charge in [-0.15, -0.1) is 0 Å². The monoisotopic (exact) mass is 337 g/mol. The van der Waals surface area contributed by atoms with Gasteiger partial charge in [-0.2, -0.15) is 0 Å². The molecule has 0 aliphatic carbocycles. The highest BCUT2D eigenvalue weighted by Gasteiger charge is 2.13. The summed E-state index contributed by atoms with van der Waals surface area (Å²) in [5.74, 6) is 1.37. The second kappa shape index (κ2) is 8.38. The van der Waals surface area contributed by atoms with Gasteiger partial charge in [0.05, 0.1) is 6.04 Å². The zero-order chi connectivity index (χ0) is 17.5. The van der Waals surface area contributed by atoms with E-state index in [1.165, 1.54) is 0 Å². The summed E-state index contributed by atoms with van der Waals surface area (Å²) >= 11 is 0. The van der Waals surface area contributed by atoms with Crippen LogP contribution in [0.4, 0.5) is 0 Å². The molecule has 1 unspecified atom stereocenters. The molecule has 1 aliphatic heterocycles. The van der Waals surface area contributed by atoms with Crippen molar-refractivity contribution in [2.24, 2.45) is 0 Å². The molecule has 1 N–H and O–H groups in total. The topological polar surface area (TPSA) is 47.6 Å². The van der Waals surface area contributed by atoms with Crippen molar-refractivity contribution >= 4 is 12.0 Å². The van der Waals surface area contributed by atoms with E-state index in [-0.39, 0.29) is 11.9 Å². The second-order valence-corrected chi connectivity index (χ2v) is 6.00. The Kier molecular flexibility index (Phi) is 5.73. The van der Waals surface area contributed by atoms with E-state index in [0.29, 0.717) is 13.2 Å². The third-order valence-electron chi connectivity index (χ3n) is 4.09. The maximum absolute atomic E-state index is 12.3. The molecule has 2 aromatic carbocycles. The first-order valence-electron chi connectivity index (χ1n) is 8.69. The van der Waals surface area contributed by atoms with E-state index in [9.17, 15) is 4.79 Å². The van der Waals surface area contributed by atoms with Crippen LogP contribution < -0.4 is 14.8 Å². The van der Waals surface area contributed by atoms with Gasteiger partial charge in [0.15, 0.2) is 11.5 Å². The number of benzene rings is 2. The van der Waals surface area contributed by atoms with E-state index in [1.54, 1.807) is 12.2 Å². The Morgan fingerprint density at radius 3 is 2.64 bits per heavy atom. The number of nitrogens with one attached hydrogen (secondary N) is 1. The number of hydrogen-bond donors (Lipinski definition) is 1. The van der Waals surface area contributed by atoms with Crippen molar-refractivity contribution in [2.75, 3.05) is 13.2 Å². The normalized spacial score (nSPS) is 14.3. The SMILES string of the molecule is CCCC(NC(=O)/C=C/c1ccc2c(c1)OCCO2)c1ccccc1. The summed E-state index contributed by atoms with van der Waals surface area (Å²) in [7, 11) is 0. The van der Waals surface area contributed by atoms with Crippen molar-refractivity contribution < 1.29 is 14.3 Å². The lowest BCUT2D eigenvalue weighted by atomic mass is 10.0. The van der Waals surface area contributed by atoms with Crippen molar-refractivity contribution in [3.8, 4) is 11.5 Å². The number of amides is 1. The Bertz CT molecular complexity index is 740.